The summed E-state index contributed by atoms with van der Waals surface area (Å²) < 4.78 is 86.8. The van der Waals surface area contributed by atoms with Crippen LogP contribution >= 0.6 is 0 Å². The molecule has 132 valence electrons. The summed E-state index contributed by atoms with van der Waals surface area (Å²) in [5, 5.41) is 0.115. The van der Waals surface area contributed by atoms with Gasteiger partial charge in [0.05, 0.1) is 12.5 Å². The second kappa shape index (κ2) is 5.88. The maximum Gasteiger partial charge on any atom is 0.306 e. The van der Waals surface area contributed by atoms with E-state index in [1.807, 2.05) is 0 Å². The van der Waals surface area contributed by atoms with Gasteiger partial charge in [0.1, 0.15) is 4.90 Å². The predicted molar refractivity (Wildman–Crippen MR) is 84.7 cm³/mol. The maximum atomic E-state index is 11.4. The molecule has 9 nitrogen and oxygen atoms in total. The monoisotopic (exact) mass is 396 g/mol. The third kappa shape index (κ3) is 4.56. The van der Waals surface area contributed by atoms with Crippen LogP contribution in [0.5, 0.6) is 11.5 Å². The van der Waals surface area contributed by atoms with Gasteiger partial charge in [-0.15, -0.1) is 0 Å². The molecule has 24 heavy (non-hydrogen) atoms. The van der Waals surface area contributed by atoms with Crippen LogP contribution < -0.4 is 8.37 Å². The van der Waals surface area contributed by atoms with Crippen molar-refractivity contribution in [1.29, 1.82) is 0 Å². The smallest absolute Gasteiger partial charge is 0.306 e. The van der Waals surface area contributed by atoms with Gasteiger partial charge in [0, 0.05) is 5.39 Å². The van der Waals surface area contributed by atoms with Gasteiger partial charge in [-0.2, -0.15) is 25.3 Å². The number of rotatable bonds is 5. The Bertz CT molecular complexity index is 1110. The van der Waals surface area contributed by atoms with E-state index in [0.29, 0.717) is 0 Å². The zero-order valence-corrected chi connectivity index (χ0v) is 14.8. The Morgan fingerprint density at radius 3 is 1.79 bits per heavy atom. The van der Waals surface area contributed by atoms with E-state index in [-0.39, 0.29) is 10.8 Å². The van der Waals surface area contributed by atoms with E-state index >= 15 is 0 Å². The van der Waals surface area contributed by atoms with Crippen LogP contribution in [-0.4, -0.2) is 42.3 Å². The van der Waals surface area contributed by atoms with Crippen LogP contribution in [0, 0.1) is 0 Å². The molecule has 0 fully saturated rings. The summed E-state index contributed by atoms with van der Waals surface area (Å²) in [6.07, 6.45) is 1.46. The molecule has 0 atom stereocenters. The minimum absolute atomic E-state index is 0.0699. The standard InChI is InChI=1S/C12H12O9S3/c1-22(13,14)20-10-6-8-4-3-5-12(24(17,18)19)9(8)7-11(10)21-23(2,15)16/h3-7H,1-2H3,(H,17,18,19). The Morgan fingerprint density at radius 2 is 1.33 bits per heavy atom. The lowest BCUT2D eigenvalue weighted by atomic mass is 10.1. The highest BCUT2D eigenvalue weighted by molar-refractivity contribution is 7.86. The lowest BCUT2D eigenvalue weighted by molar-refractivity contribution is 0.456. The molecule has 2 aromatic carbocycles. The van der Waals surface area contributed by atoms with Crippen molar-refractivity contribution < 1.29 is 38.2 Å². The molecule has 2 aromatic rings. The van der Waals surface area contributed by atoms with E-state index in [2.05, 4.69) is 8.37 Å². The molecule has 0 bridgehead atoms. The second-order valence-corrected chi connectivity index (χ2v) is 9.37. The first-order valence-electron chi connectivity index (χ1n) is 6.09. The third-order valence-electron chi connectivity index (χ3n) is 2.66. The van der Waals surface area contributed by atoms with Crippen molar-refractivity contribution in [3.8, 4) is 11.5 Å². The molecule has 2 rings (SSSR count). The van der Waals surface area contributed by atoms with Crippen LogP contribution in [0.15, 0.2) is 35.2 Å². The van der Waals surface area contributed by atoms with Crippen molar-refractivity contribution in [2.45, 2.75) is 4.90 Å². The Hall–Kier alpha value is -1.89. The molecule has 0 unspecified atom stereocenters. The molecule has 0 saturated heterocycles. The van der Waals surface area contributed by atoms with Gasteiger partial charge in [-0.05, 0) is 23.6 Å². The highest BCUT2D eigenvalue weighted by Gasteiger charge is 2.20. The lowest BCUT2D eigenvalue weighted by Gasteiger charge is -2.12. The van der Waals surface area contributed by atoms with Crippen LogP contribution in [0.25, 0.3) is 10.8 Å². The number of hydrogen-bond acceptors (Lipinski definition) is 8. The van der Waals surface area contributed by atoms with Crippen LogP contribution in [0.2, 0.25) is 0 Å². The Kier molecular flexibility index (Phi) is 4.52. The maximum absolute atomic E-state index is 11.4. The molecule has 0 aliphatic heterocycles. The summed E-state index contributed by atoms with van der Waals surface area (Å²) in [7, 11) is -12.7. The zero-order valence-electron chi connectivity index (χ0n) is 12.3. The SMILES string of the molecule is CS(=O)(=O)Oc1cc2cccc(S(=O)(=O)O)c2cc1OS(C)(=O)=O. The second-order valence-electron chi connectivity index (χ2n) is 4.83. The average Bonchev–Trinajstić information content (AvgIpc) is 2.34. The van der Waals surface area contributed by atoms with Crippen molar-refractivity contribution in [3.63, 3.8) is 0 Å². The fourth-order valence-electron chi connectivity index (χ4n) is 1.94. The van der Waals surface area contributed by atoms with Gasteiger partial charge in [0.15, 0.2) is 11.5 Å². The quantitative estimate of drug-likeness (QED) is 0.572. The first-order valence-corrected chi connectivity index (χ1v) is 11.2. The molecule has 0 spiro atoms. The largest absolute Gasteiger partial charge is 0.379 e. The summed E-state index contributed by atoms with van der Waals surface area (Å²) in [5.41, 5.74) is 0. The highest BCUT2D eigenvalue weighted by Crippen LogP contribution is 2.36. The van der Waals surface area contributed by atoms with Gasteiger partial charge < -0.3 is 8.37 Å². The van der Waals surface area contributed by atoms with Crippen LogP contribution in [0.4, 0.5) is 0 Å². The summed E-state index contributed by atoms with van der Waals surface area (Å²) in [4.78, 5) is -0.496. The first-order chi connectivity index (χ1) is 10.8. The van der Waals surface area contributed by atoms with Gasteiger partial charge >= 0.3 is 20.2 Å². The molecule has 0 aromatic heterocycles. The van der Waals surface area contributed by atoms with Gasteiger partial charge in [0.25, 0.3) is 10.1 Å². The van der Waals surface area contributed by atoms with Crippen LogP contribution in [0.3, 0.4) is 0 Å². The molecule has 0 aliphatic rings. The minimum Gasteiger partial charge on any atom is -0.379 e. The normalized spacial score (nSPS) is 13.0. The van der Waals surface area contributed by atoms with Crippen molar-refractivity contribution in [1.82, 2.24) is 0 Å². The molecular weight excluding hydrogens is 384 g/mol. The van der Waals surface area contributed by atoms with Crippen molar-refractivity contribution in [3.05, 3.63) is 30.3 Å². The fraction of sp³-hybridized carbons (Fsp3) is 0.167. The summed E-state index contributed by atoms with van der Waals surface area (Å²) in [6.45, 7) is 0. The van der Waals surface area contributed by atoms with Crippen LogP contribution in [0.1, 0.15) is 0 Å². The topological polar surface area (TPSA) is 141 Å². The molecule has 0 aliphatic carbocycles. The molecule has 0 amide bonds. The molecule has 0 heterocycles. The molecule has 0 saturated carbocycles. The van der Waals surface area contributed by atoms with Gasteiger partial charge in [-0.1, -0.05) is 12.1 Å². The number of benzene rings is 2. The first kappa shape index (κ1) is 18.4. The van der Waals surface area contributed by atoms with Crippen molar-refractivity contribution in [2.24, 2.45) is 0 Å². The van der Waals surface area contributed by atoms with Gasteiger partial charge in [-0.25, -0.2) is 0 Å². The number of hydrogen-bond donors (Lipinski definition) is 1. The van der Waals surface area contributed by atoms with Crippen molar-refractivity contribution in [2.75, 3.05) is 12.5 Å². The van der Waals surface area contributed by atoms with Crippen molar-refractivity contribution >= 4 is 41.1 Å². The van der Waals surface area contributed by atoms with E-state index in [4.69, 9.17) is 0 Å². The van der Waals surface area contributed by atoms with E-state index in [1.54, 1.807) is 0 Å². The minimum atomic E-state index is -4.60. The number of fused-ring (bicyclic) bond motifs is 1. The Balaban J connectivity index is 2.84. The molecular formula is C12H12O9S3. The molecule has 0 radical (unpaired) electrons. The third-order valence-corrected chi connectivity index (χ3v) is 4.54. The van der Waals surface area contributed by atoms with Gasteiger partial charge in [-0.3, -0.25) is 4.55 Å². The predicted octanol–water partition coefficient (Wildman–Crippen LogP) is 0.763. The summed E-state index contributed by atoms with van der Waals surface area (Å²) in [5.74, 6) is -0.977. The summed E-state index contributed by atoms with van der Waals surface area (Å²) in [6, 6.07) is 5.88. The highest BCUT2D eigenvalue weighted by atomic mass is 32.2. The van der Waals surface area contributed by atoms with Crippen LogP contribution in [-0.2, 0) is 30.4 Å². The lowest BCUT2D eigenvalue weighted by Crippen LogP contribution is -2.11. The molecule has 12 heteroatoms. The zero-order chi connectivity index (χ0) is 18.3. The fourth-order valence-corrected chi connectivity index (χ4v) is 3.56. The van der Waals surface area contributed by atoms with Gasteiger partial charge in [0.2, 0.25) is 0 Å². The van der Waals surface area contributed by atoms with E-state index in [1.165, 1.54) is 12.1 Å². The Labute approximate surface area is 138 Å². The van der Waals surface area contributed by atoms with E-state index in [0.717, 1.165) is 30.7 Å². The molecule has 1 N–H and O–H groups in total. The average molecular weight is 396 g/mol. The summed E-state index contributed by atoms with van der Waals surface area (Å²) >= 11 is 0. The van der Waals surface area contributed by atoms with E-state index < -0.39 is 46.7 Å². The van der Waals surface area contributed by atoms with E-state index in [9.17, 15) is 29.8 Å². The Morgan fingerprint density at radius 1 is 0.833 bits per heavy atom.